The molecule has 12 heavy (non-hydrogen) atoms. The van der Waals surface area contributed by atoms with E-state index in [4.69, 9.17) is 14.2 Å². The minimum atomic E-state index is -0.240. The Morgan fingerprint density at radius 2 is 2.33 bits per heavy atom. The number of hydrogen-bond acceptors (Lipinski definition) is 4. The number of carbonyl (C=O) groups excluding carboxylic acids is 1. The van der Waals surface area contributed by atoms with E-state index in [0.29, 0.717) is 13.2 Å². The second-order valence-electron chi connectivity index (χ2n) is 3.17. The smallest absolute Gasteiger partial charge is 0.302 e. The predicted molar refractivity (Wildman–Crippen MR) is 39.4 cm³/mol. The SMILES string of the molecule is CC(=O)OC1CO[C@@H]2OCCC12. The molecule has 68 valence electrons. The quantitative estimate of drug-likeness (QED) is 0.534. The molecule has 0 saturated carbocycles. The van der Waals surface area contributed by atoms with Crippen LogP contribution in [0.25, 0.3) is 0 Å². The zero-order chi connectivity index (χ0) is 8.55. The lowest BCUT2D eigenvalue weighted by molar-refractivity contribution is -0.147. The lowest BCUT2D eigenvalue weighted by atomic mass is 10.0. The summed E-state index contributed by atoms with van der Waals surface area (Å²) in [6, 6.07) is 0. The largest absolute Gasteiger partial charge is 0.460 e. The highest BCUT2D eigenvalue weighted by molar-refractivity contribution is 5.66. The van der Waals surface area contributed by atoms with Crippen LogP contribution < -0.4 is 0 Å². The molecule has 2 aliphatic heterocycles. The molecule has 2 fully saturated rings. The van der Waals surface area contributed by atoms with E-state index in [1.54, 1.807) is 0 Å². The van der Waals surface area contributed by atoms with Crippen molar-refractivity contribution in [3.05, 3.63) is 0 Å². The van der Waals surface area contributed by atoms with Crippen molar-refractivity contribution in [2.24, 2.45) is 5.92 Å². The maximum Gasteiger partial charge on any atom is 0.302 e. The second kappa shape index (κ2) is 3.03. The summed E-state index contributed by atoms with van der Waals surface area (Å²) in [6.07, 6.45) is 0.715. The summed E-state index contributed by atoms with van der Waals surface area (Å²) < 4.78 is 15.6. The van der Waals surface area contributed by atoms with Crippen LogP contribution >= 0.6 is 0 Å². The van der Waals surface area contributed by atoms with E-state index < -0.39 is 0 Å². The third-order valence-corrected chi connectivity index (χ3v) is 2.30. The van der Waals surface area contributed by atoms with Gasteiger partial charge in [0.15, 0.2) is 6.29 Å². The highest BCUT2D eigenvalue weighted by Gasteiger charge is 2.43. The first kappa shape index (κ1) is 8.01. The fraction of sp³-hybridized carbons (Fsp3) is 0.875. The molecule has 3 atom stereocenters. The molecule has 0 aromatic heterocycles. The first-order valence-corrected chi connectivity index (χ1v) is 4.18. The molecule has 0 N–H and O–H groups in total. The second-order valence-corrected chi connectivity index (χ2v) is 3.17. The van der Waals surface area contributed by atoms with Crippen LogP contribution in [0.15, 0.2) is 0 Å². The number of rotatable bonds is 1. The molecule has 4 nitrogen and oxygen atoms in total. The molecular formula is C8H12O4. The van der Waals surface area contributed by atoms with Gasteiger partial charge in [0.2, 0.25) is 0 Å². The van der Waals surface area contributed by atoms with Crippen LogP contribution in [-0.2, 0) is 19.0 Å². The molecule has 0 bridgehead atoms. The third-order valence-electron chi connectivity index (χ3n) is 2.30. The summed E-state index contributed by atoms with van der Waals surface area (Å²) in [5.74, 6) is 0.0186. The average Bonchev–Trinajstić information content (AvgIpc) is 2.52. The molecule has 0 amide bonds. The van der Waals surface area contributed by atoms with E-state index in [-0.39, 0.29) is 24.3 Å². The lowest BCUT2D eigenvalue weighted by Gasteiger charge is -2.13. The summed E-state index contributed by atoms with van der Waals surface area (Å²) >= 11 is 0. The Hall–Kier alpha value is -0.610. The third kappa shape index (κ3) is 1.32. The maximum atomic E-state index is 10.7. The fourth-order valence-electron chi connectivity index (χ4n) is 1.76. The van der Waals surface area contributed by atoms with Crippen molar-refractivity contribution in [2.45, 2.75) is 25.7 Å². The Kier molecular flexibility index (Phi) is 2.02. The molecule has 0 aromatic carbocycles. The van der Waals surface area contributed by atoms with Gasteiger partial charge in [-0.15, -0.1) is 0 Å². The summed E-state index contributed by atoms with van der Waals surface area (Å²) in [4.78, 5) is 10.7. The topological polar surface area (TPSA) is 44.8 Å². The lowest BCUT2D eigenvalue weighted by Crippen LogP contribution is -2.25. The Balaban J connectivity index is 1.95. The van der Waals surface area contributed by atoms with Crippen LogP contribution in [0.5, 0.6) is 0 Å². The highest BCUT2D eigenvalue weighted by Crippen LogP contribution is 2.32. The summed E-state index contributed by atoms with van der Waals surface area (Å²) in [7, 11) is 0. The van der Waals surface area contributed by atoms with E-state index in [1.807, 2.05) is 0 Å². The van der Waals surface area contributed by atoms with E-state index in [9.17, 15) is 4.79 Å². The molecule has 2 aliphatic rings. The highest BCUT2D eigenvalue weighted by atomic mass is 16.7. The van der Waals surface area contributed by atoms with E-state index >= 15 is 0 Å². The van der Waals surface area contributed by atoms with Gasteiger partial charge in [-0.2, -0.15) is 0 Å². The Bertz CT molecular complexity index is 191. The van der Waals surface area contributed by atoms with Gasteiger partial charge in [-0.05, 0) is 6.42 Å². The summed E-state index contributed by atoms with van der Waals surface area (Å²) in [6.45, 7) is 2.62. The first-order valence-electron chi connectivity index (χ1n) is 4.18. The molecular weight excluding hydrogens is 160 g/mol. The van der Waals surface area contributed by atoms with E-state index in [2.05, 4.69) is 0 Å². The normalized spacial score (nSPS) is 39.6. The van der Waals surface area contributed by atoms with Crippen molar-refractivity contribution in [3.8, 4) is 0 Å². The molecule has 0 spiro atoms. The van der Waals surface area contributed by atoms with Gasteiger partial charge in [0.1, 0.15) is 6.10 Å². The molecule has 2 heterocycles. The van der Waals surface area contributed by atoms with Crippen molar-refractivity contribution < 1.29 is 19.0 Å². The van der Waals surface area contributed by atoms with Crippen LogP contribution in [0.1, 0.15) is 13.3 Å². The maximum absolute atomic E-state index is 10.7. The van der Waals surface area contributed by atoms with E-state index in [1.165, 1.54) is 6.92 Å². The number of hydrogen-bond donors (Lipinski definition) is 0. The predicted octanol–water partition coefficient (Wildman–Crippen LogP) is 0.311. The van der Waals surface area contributed by atoms with Gasteiger partial charge in [-0.25, -0.2) is 0 Å². The van der Waals surface area contributed by atoms with Crippen molar-refractivity contribution in [3.63, 3.8) is 0 Å². The Morgan fingerprint density at radius 1 is 1.50 bits per heavy atom. The molecule has 0 radical (unpaired) electrons. The molecule has 2 unspecified atom stereocenters. The van der Waals surface area contributed by atoms with Crippen LogP contribution in [0.3, 0.4) is 0 Å². The molecule has 4 heteroatoms. The number of fused-ring (bicyclic) bond motifs is 1. The number of esters is 1. The van der Waals surface area contributed by atoms with Crippen molar-refractivity contribution in [1.29, 1.82) is 0 Å². The monoisotopic (exact) mass is 172 g/mol. The van der Waals surface area contributed by atoms with Gasteiger partial charge in [0, 0.05) is 6.92 Å². The van der Waals surface area contributed by atoms with E-state index in [0.717, 1.165) is 6.42 Å². The number of carbonyl (C=O) groups is 1. The minimum Gasteiger partial charge on any atom is -0.460 e. The standard InChI is InChI=1S/C8H12O4/c1-5(9)12-7-4-11-8-6(7)2-3-10-8/h6-8H,2-4H2,1H3/t6?,7?,8-/m0/s1. The van der Waals surface area contributed by atoms with Gasteiger partial charge < -0.3 is 14.2 Å². The van der Waals surface area contributed by atoms with Crippen LogP contribution in [0.2, 0.25) is 0 Å². The Labute approximate surface area is 70.8 Å². The summed E-state index contributed by atoms with van der Waals surface area (Å²) in [5.41, 5.74) is 0. The number of ether oxygens (including phenoxy) is 3. The minimum absolute atomic E-state index is 0.0880. The van der Waals surface area contributed by atoms with Crippen LogP contribution in [-0.4, -0.2) is 31.6 Å². The average molecular weight is 172 g/mol. The van der Waals surface area contributed by atoms with Crippen molar-refractivity contribution >= 4 is 5.97 Å². The molecule has 2 saturated heterocycles. The van der Waals surface area contributed by atoms with Crippen molar-refractivity contribution in [2.75, 3.05) is 13.2 Å². The van der Waals surface area contributed by atoms with Gasteiger partial charge in [-0.3, -0.25) is 4.79 Å². The van der Waals surface area contributed by atoms with Gasteiger partial charge in [0.05, 0.1) is 19.1 Å². The van der Waals surface area contributed by atoms with Crippen LogP contribution in [0, 0.1) is 5.92 Å². The first-order chi connectivity index (χ1) is 5.77. The zero-order valence-electron chi connectivity index (χ0n) is 6.99. The Morgan fingerprint density at radius 3 is 3.08 bits per heavy atom. The van der Waals surface area contributed by atoms with Crippen molar-refractivity contribution in [1.82, 2.24) is 0 Å². The molecule has 2 rings (SSSR count). The van der Waals surface area contributed by atoms with Crippen LogP contribution in [0.4, 0.5) is 0 Å². The van der Waals surface area contributed by atoms with Gasteiger partial charge >= 0.3 is 5.97 Å². The fourth-order valence-corrected chi connectivity index (χ4v) is 1.76. The molecule has 0 aromatic rings. The molecule has 0 aliphatic carbocycles. The zero-order valence-corrected chi connectivity index (χ0v) is 6.99. The van der Waals surface area contributed by atoms with Gasteiger partial charge in [-0.1, -0.05) is 0 Å². The van der Waals surface area contributed by atoms with Gasteiger partial charge in [0.25, 0.3) is 0 Å². The summed E-state index contributed by atoms with van der Waals surface area (Å²) in [5, 5.41) is 0.